The molecule has 2 N–H and O–H groups in total. The van der Waals surface area contributed by atoms with Crippen molar-refractivity contribution in [1.82, 2.24) is 9.88 Å². The fourth-order valence-electron chi connectivity index (χ4n) is 3.67. The molecule has 2 atom stereocenters. The van der Waals surface area contributed by atoms with Gasteiger partial charge in [0.15, 0.2) is 5.13 Å². The predicted octanol–water partition coefficient (Wildman–Crippen LogP) is 1.63. The summed E-state index contributed by atoms with van der Waals surface area (Å²) in [5, 5.41) is 3.11. The standard InChI is InChI=1S/C17H28N4O2S/c1-5-23-13-10-17(18,16(13,3)4)14(22)20-6-8-21(9-7-20)15-19-12(2)11-24-15/h11,13H,5-10,18H2,1-4H3. The Kier molecular flexibility index (Phi) is 4.61. The second kappa shape index (κ2) is 6.28. The Morgan fingerprint density at radius 3 is 2.58 bits per heavy atom. The van der Waals surface area contributed by atoms with E-state index in [4.69, 9.17) is 10.5 Å². The molecule has 24 heavy (non-hydrogen) atoms. The first-order chi connectivity index (χ1) is 11.3. The van der Waals surface area contributed by atoms with Crippen LogP contribution in [0.2, 0.25) is 0 Å². The van der Waals surface area contributed by atoms with Gasteiger partial charge in [0.05, 0.1) is 11.8 Å². The van der Waals surface area contributed by atoms with E-state index in [1.807, 2.05) is 32.6 Å². The number of hydrogen-bond donors (Lipinski definition) is 1. The molecule has 2 fully saturated rings. The highest BCUT2D eigenvalue weighted by molar-refractivity contribution is 7.13. The molecule has 1 saturated heterocycles. The maximum atomic E-state index is 13.0. The van der Waals surface area contributed by atoms with Crippen LogP contribution in [0.15, 0.2) is 5.38 Å². The second-order valence-corrected chi connectivity index (χ2v) is 8.23. The summed E-state index contributed by atoms with van der Waals surface area (Å²) in [5.41, 5.74) is 6.44. The topological polar surface area (TPSA) is 71.7 Å². The summed E-state index contributed by atoms with van der Waals surface area (Å²) < 4.78 is 5.74. The molecule has 0 radical (unpaired) electrons. The molecule has 7 heteroatoms. The van der Waals surface area contributed by atoms with E-state index in [9.17, 15) is 4.79 Å². The molecule has 2 unspecified atom stereocenters. The summed E-state index contributed by atoms with van der Waals surface area (Å²) >= 11 is 1.66. The number of aryl methyl sites for hydroxylation is 1. The van der Waals surface area contributed by atoms with Gasteiger partial charge in [0, 0.05) is 50.0 Å². The van der Waals surface area contributed by atoms with Gasteiger partial charge in [0.2, 0.25) is 5.91 Å². The minimum Gasteiger partial charge on any atom is -0.378 e. The molecular formula is C17H28N4O2S. The molecule has 2 heterocycles. The molecule has 1 saturated carbocycles. The van der Waals surface area contributed by atoms with Crippen LogP contribution in [-0.4, -0.2) is 60.2 Å². The summed E-state index contributed by atoms with van der Waals surface area (Å²) in [5.74, 6) is 0.0680. The van der Waals surface area contributed by atoms with Crippen LogP contribution in [0, 0.1) is 12.3 Å². The van der Waals surface area contributed by atoms with Gasteiger partial charge in [-0.3, -0.25) is 4.79 Å². The number of rotatable bonds is 4. The van der Waals surface area contributed by atoms with E-state index in [0.29, 0.717) is 26.1 Å². The number of amides is 1. The SMILES string of the molecule is CCOC1CC(N)(C(=O)N2CCN(c3nc(C)cs3)CC2)C1(C)C. The molecule has 6 nitrogen and oxygen atoms in total. The number of nitrogens with two attached hydrogens (primary N) is 1. The van der Waals surface area contributed by atoms with Gasteiger partial charge in [-0.25, -0.2) is 4.98 Å². The maximum Gasteiger partial charge on any atom is 0.243 e. The highest BCUT2D eigenvalue weighted by Gasteiger charge is 2.63. The van der Waals surface area contributed by atoms with Crippen LogP contribution in [0.1, 0.15) is 32.9 Å². The summed E-state index contributed by atoms with van der Waals surface area (Å²) in [6.45, 7) is 11.8. The zero-order valence-electron chi connectivity index (χ0n) is 15.0. The van der Waals surface area contributed by atoms with Crippen molar-refractivity contribution in [3.8, 4) is 0 Å². The van der Waals surface area contributed by atoms with Gasteiger partial charge >= 0.3 is 0 Å². The molecule has 1 aromatic rings. The van der Waals surface area contributed by atoms with Gasteiger partial charge in [-0.05, 0) is 13.8 Å². The fraction of sp³-hybridized carbons (Fsp3) is 0.765. The van der Waals surface area contributed by atoms with E-state index in [1.54, 1.807) is 11.3 Å². The smallest absolute Gasteiger partial charge is 0.243 e. The minimum atomic E-state index is -0.813. The van der Waals surface area contributed by atoms with Gasteiger partial charge in [0.1, 0.15) is 5.54 Å². The van der Waals surface area contributed by atoms with E-state index >= 15 is 0 Å². The van der Waals surface area contributed by atoms with E-state index in [1.165, 1.54) is 0 Å². The Labute approximate surface area is 148 Å². The average Bonchev–Trinajstić information content (AvgIpc) is 3.00. The lowest BCUT2D eigenvalue weighted by molar-refractivity contribution is -0.179. The third-order valence-corrected chi connectivity index (χ3v) is 6.68. The number of aromatic nitrogens is 1. The molecular weight excluding hydrogens is 324 g/mol. The lowest BCUT2D eigenvalue weighted by Gasteiger charge is -2.59. The normalized spacial score (nSPS) is 29.5. The van der Waals surface area contributed by atoms with Crippen LogP contribution in [0.4, 0.5) is 5.13 Å². The lowest BCUT2D eigenvalue weighted by atomic mass is 9.54. The van der Waals surface area contributed by atoms with Crippen molar-refractivity contribution in [2.45, 2.75) is 45.8 Å². The van der Waals surface area contributed by atoms with E-state index in [-0.39, 0.29) is 17.4 Å². The van der Waals surface area contributed by atoms with Crippen LogP contribution in [0.25, 0.3) is 0 Å². The lowest BCUT2D eigenvalue weighted by Crippen LogP contribution is -2.76. The summed E-state index contributed by atoms with van der Waals surface area (Å²) in [7, 11) is 0. The molecule has 2 aliphatic rings. The molecule has 1 aliphatic carbocycles. The third-order valence-electron chi connectivity index (χ3n) is 5.66. The second-order valence-electron chi connectivity index (χ2n) is 7.39. The van der Waals surface area contributed by atoms with E-state index in [2.05, 4.69) is 15.3 Å². The van der Waals surface area contributed by atoms with Crippen LogP contribution in [-0.2, 0) is 9.53 Å². The van der Waals surface area contributed by atoms with Crippen molar-refractivity contribution in [1.29, 1.82) is 0 Å². The Morgan fingerprint density at radius 1 is 1.42 bits per heavy atom. The largest absolute Gasteiger partial charge is 0.378 e. The Morgan fingerprint density at radius 2 is 2.08 bits per heavy atom. The number of thiazole rings is 1. The first-order valence-corrected chi connectivity index (χ1v) is 9.54. The van der Waals surface area contributed by atoms with Crippen LogP contribution < -0.4 is 10.6 Å². The van der Waals surface area contributed by atoms with Gasteiger partial charge in [-0.1, -0.05) is 13.8 Å². The number of nitrogens with zero attached hydrogens (tertiary/aromatic N) is 3. The molecule has 0 aromatic carbocycles. The first kappa shape index (κ1) is 17.6. The zero-order valence-corrected chi connectivity index (χ0v) is 15.9. The van der Waals surface area contributed by atoms with Gasteiger partial charge in [-0.2, -0.15) is 0 Å². The van der Waals surface area contributed by atoms with Gasteiger partial charge in [-0.15, -0.1) is 11.3 Å². The molecule has 1 aromatic heterocycles. The maximum absolute atomic E-state index is 13.0. The third kappa shape index (κ3) is 2.72. The quantitative estimate of drug-likeness (QED) is 0.892. The number of ether oxygens (including phenoxy) is 1. The highest BCUT2D eigenvalue weighted by Crippen LogP contribution is 2.50. The van der Waals surface area contributed by atoms with Crippen molar-refractivity contribution in [3.05, 3.63) is 11.1 Å². The monoisotopic (exact) mass is 352 g/mol. The van der Waals surface area contributed by atoms with Crippen molar-refractivity contribution in [2.24, 2.45) is 11.1 Å². The molecule has 0 bridgehead atoms. The highest BCUT2D eigenvalue weighted by atomic mass is 32.1. The van der Waals surface area contributed by atoms with Gasteiger partial charge in [0.25, 0.3) is 0 Å². The molecule has 1 amide bonds. The van der Waals surface area contributed by atoms with Crippen LogP contribution in [0.3, 0.4) is 0 Å². The fourth-order valence-corrected chi connectivity index (χ4v) is 4.52. The number of carbonyl (C=O) groups is 1. The summed E-state index contributed by atoms with van der Waals surface area (Å²) in [6, 6.07) is 0. The van der Waals surface area contributed by atoms with Crippen molar-refractivity contribution in [2.75, 3.05) is 37.7 Å². The summed E-state index contributed by atoms with van der Waals surface area (Å²) in [4.78, 5) is 21.7. The molecule has 1 aliphatic heterocycles. The van der Waals surface area contributed by atoms with E-state index < -0.39 is 5.54 Å². The van der Waals surface area contributed by atoms with Crippen LogP contribution in [0.5, 0.6) is 0 Å². The minimum absolute atomic E-state index is 0.0658. The summed E-state index contributed by atoms with van der Waals surface area (Å²) in [6.07, 6.45) is 0.675. The Hall–Kier alpha value is -1.18. The number of anilines is 1. The number of piperazine rings is 1. The Bertz CT molecular complexity index is 609. The van der Waals surface area contributed by atoms with Crippen LogP contribution >= 0.6 is 11.3 Å². The van der Waals surface area contributed by atoms with Gasteiger partial charge < -0.3 is 20.3 Å². The molecule has 0 spiro atoms. The van der Waals surface area contributed by atoms with Crippen molar-refractivity contribution in [3.63, 3.8) is 0 Å². The zero-order chi connectivity index (χ0) is 17.5. The number of carbonyl (C=O) groups excluding carboxylic acids is 1. The Balaban J connectivity index is 1.61. The average molecular weight is 353 g/mol. The predicted molar refractivity (Wildman–Crippen MR) is 96.4 cm³/mol. The van der Waals surface area contributed by atoms with E-state index in [0.717, 1.165) is 23.9 Å². The first-order valence-electron chi connectivity index (χ1n) is 8.66. The molecule has 3 rings (SSSR count). The van der Waals surface area contributed by atoms with Crippen molar-refractivity contribution < 1.29 is 9.53 Å². The molecule has 134 valence electrons. The number of hydrogen-bond acceptors (Lipinski definition) is 6. The van der Waals surface area contributed by atoms with Crippen molar-refractivity contribution >= 4 is 22.4 Å².